The van der Waals surface area contributed by atoms with Gasteiger partial charge in [0.05, 0.1) is 0 Å². The maximum Gasteiger partial charge on any atom is 0.231 e. The number of aromatic nitrogens is 3. The van der Waals surface area contributed by atoms with Crippen molar-refractivity contribution in [3.63, 3.8) is 0 Å². The quantitative estimate of drug-likeness (QED) is 0.854. The topological polar surface area (TPSA) is 53.9 Å². The Balaban J connectivity index is 2.24. The van der Waals surface area contributed by atoms with Gasteiger partial charge in [0.2, 0.25) is 17.2 Å². The van der Waals surface area contributed by atoms with Crippen LogP contribution in [0.1, 0.15) is 13.8 Å². The normalized spacial score (nSPS) is 24.9. The van der Waals surface area contributed by atoms with Crippen LogP contribution < -0.4 is 10.2 Å². The highest BCUT2D eigenvalue weighted by molar-refractivity contribution is 6.28. The highest BCUT2D eigenvalue weighted by Gasteiger charge is 2.28. The van der Waals surface area contributed by atoms with Crippen LogP contribution in [0.15, 0.2) is 0 Å². The van der Waals surface area contributed by atoms with Crippen molar-refractivity contribution in [2.75, 3.05) is 30.4 Å². The van der Waals surface area contributed by atoms with Crippen LogP contribution in [0, 0.1) is 11.8 Å². The molecule has 16 heavy (non-hydrogen) atoms. The van der Waals surface area contributed by atoms with E-state index in [1.165, 1.54) is 0 Å². The van der Waals surface area contributed by atoms with E-state index in [0.717, 1.165) is 13.1 Å². The lowest BCUT2D eigenvalue weighted by Crippen LogP contribution is -2.23. The molecule has 0 saturated carbocycles. The van der Waals surface area contributed by atoms with Crippen molar-refractivity contribution in [1.82, 2.24) is 15.0 Å². The van der Waals surface area contributed by atoms with Gasteiger partial charge in [-0.15, -0.1) is 0 Å². The molecule has 1 aromatic rings. The maximum absolute atomic E-state index is 5.85. The molecule has 1 fully saturated rings. The lowest BCUT2D eigenvalue weighted by molar-refractivity contribution is 0.494. The Morgan fingerprint density at radius 1 is 1.19 bits per heavy atom. The van der Waals surface area contributed by atoms with E-state index >= 15 is 0 Å². The zero-order valence-corrected chi connectivity index (χ0v) is 10.5. The van der Waals surface area contributed by atoms with Crippen molar-refractivity contribution < 1.29 is 0 Å². The van der Waals surface area contributed by atoms with Gasteiger partial charge in [-0.1, -0.05) is 13.8 Å². The third-order valence-electron chi connectivity index (χ3n) is 3.09. The van der Waals surface area contributed by atoms with E-state index in [2.05, 4.69) is 39.0 Å². The summed E-state index contributed by atoms with van der Waals surface area (Å²) in [5.74, 6) is 2.50. The van der Waals surface area contributed by atoms with E-state index in [4.69, 9.17) is 11.6 Å². The summed E-state index contributed by atoms with van der Waals surface area (Å²) in [5.41, 5.74) is 0. The van der Waals surface area contributed by atoms with Crippen LogP contribution in [0.2, 0.25) is 5.28 Å². The lowest BCUT2D eigenvalue weighted by atomic mass is 10.0. The first-order valence-electron chi connectivity index (χ1n) is 5.44. The molecule has 5 nitrogen and oxygen atoms in total. The molecule has 0 aliphatic carbocycles. The number of hydrogen-bond acceptors (Lipinski definition) is 5. The summed E-state index contributed by atoms with van der Waals surface area (Å²) >= 11 is 5.85. The molecule has 88 valence electrons. The van der Waals surface area contributed by atoms with Gasteiger partial charge in [0.15, 0.2) is 0 Å². The molecule has 0 spiro atoms. The molecule has 2 atom stereocenters. The van der Waals surface area contributed by atoms with Gasteiger partial charge >= 0.3 is 0 Å². The van der Waals surface area contributed by atoms with Gasteiger partial charge in [-0.3, -0.25) is 0 Å². The largest absolute Gasteiger partial charge is 0.357 e. The summed E-state index contributed by atoms with van der Waals surface area (Å²) in [6, 6.07) is 0. The van der Waals surface area contributed by atoms with Crippen LogP contribution in [0.5, 0.6) is 0 Å². The SMILES string of the molecule is CNc1nc(Cl)nc(N2CC(C)C(C)C2)n1. The molecular formula is C10H16ClN5. The zero-order valence-electron chi connectivity index (χ0n) is 9.74. The Morgan fingerprint density at radius 2 is 1.81 bits per heavy atom. The first-order chi connectivity index (χ1) is 7.60. The standard InChI is InChI=1S/C10H16ClN5/c1-6-4-16(5-7(6)2)10-14-8(11)13-9(12-3)15-10/h6-7H,4-5H2,1-3H3,(H,12,13,14,15). The van der Waals surface area contributed by atoms with Crippen molar-refractivity contribution in [2.45, 2.75) is 13.8 Å². The highest BCUT2D eigenvalue weighted by atomic mass is 35.5. The molecule has 1 aliphatic rings. The van der Waals surface area contributed by atoms with E-state index < -0.39 is 0 Å². The van der Waals surface area contributed by atoms with Crippen molar-refractivity contribution in [3.8, 4) is 0 Å². The van der Waals surface area contributed by atoms with E-state index in [-0.39, 0.29) is 5.28 Å². The molecule has 0 radical (unpaired) electrons. The van der Waals surface area contributed by atoms with Gasteiger partial charge in [0.25, 0.3) is 0 Å². The predicted octanol–water partition coefficient (Wildman–Crippen LogP) is 1.66. The van der Waals surface area contributed by atoms with Gasteiger partial charge in [0.1, 0.15) is 0 Å². The first kappa shape index (κ1) is 11.4. The van der Waals surface area contributed by atoms with Crippen LogP contribution in [0.25, 0.3) is 0 Å². The summed E-state index contributed by atoms with van der Waals surface area (Å²) in [6.07, 6.45) is 0. The maximum atomic E-state index is 5.85. The Labute approximate surface area is 100 Å². The van der Waals surface area contributed by atoms with Crippen LogP contribution >= 0.6 is 11.6 Å². The Hall–Kier alpha value is -1.10. The van der Waals surface area contributed by atoms with E-state index in [0.29, 0.717) is 23.7 Å². The fraction of sp³-hybridized carbons (Fsp3) is 0.700. The fourth-order valence-corrected chi connectivity index (χ4v) is 2.04. The molecule has 6 heteroatoms. The monoisotopic (exact) mass is 241 g/mol. The second-order valence-electron chi connectivity index (χ2n) is 4.34. The summed E-state index contributed by atoms with van der Waals surface area (Å²) < 4.78 is 0. The van der Waals surface area contributed by atoms with Gasteiger partial charge in [-0.25, -0.2) is 0 Å². The number of hydrogen-bond donors (Lipinski definition) is 1. The average molecular weight is 242 g/mol. The second kappa shape index (κ2) is 4.41. The molecule has 1 N–H and O–H groups in total. The van der Waals surface area contributed by atoms with Crippen molar-refractivity contribution >= 4 is 23.5 Å². The summed E-state index contributed by atoms with van der Waals surface area (Å²) in [4.78, 5) is 14.6. The number of anilines is 2. The van der Waals surface area contributed by atoms with Crippen molar-refractivity contribution in [3.05, 3.63) is 5.28 Å². The third kappa shape index (κ3) is 2.19. The van der Waals surface area contributed by atoms with E-state index in [1.54, 1.807) is 7.05 Å². The second-order valence-corrected chi connectivity index (χ2v) is 4.68. The number of nitrogens with zero attached hydrogens (tertiary/aromatic N) is 4. The number of halogens is 1. The smallest absolute Gasteiger partial charge is 0.231 e. The van der Waals surface area contributed by atoms with E-state index in [1.807, 2.05) is 0 Å². The lowest BCUT2D eigenvalue weighted by Gasteiger charge is -2.16. The average Bonchev–Trinajstić information content (AvgIpc) is 2.58. The minimum absolute atomic E-state index is 0.238. The van der Waals surface area contributed by atoms with Gasteiger partial charge in [0, 0.05) is 20.1 Å². The number of nitrogens with one attached hydrogen (secondary N) is 1. The predicted molar refractivity (Wildman–Crippen MR) is 64.9 cm³/mol. The van der Waals surface area contributed by atoms with Gasteiger partial charge in [-0.2, -0.15) is 15.0 Å². The summed E-state index contributed by atoms with van der Waals surface area (Å²) in [5, 5.41) is 3.12. The molecule has 1 aliphatic heterocycles. The molecule has 1 aromatic heterocycles. The molecule has 2 unspecified atom stereocenters. The minimum Gasteiger partial charge on any atom is -0.357 e. The van der Waals surface area contributed by atoms with Crippen LogP contribution in [0.3, 0.4) is 0 Å². The van der Waals surface area contributed by atoms with Crippen molar-refractivity contribution in [1.29, 1.82) is 0 Å². The number of rotatable bonds is 2. The van der Waals surface area contributed by atoms with Crippen LogP contribution in [0.4, 0.5) is 11.9 Å². The zero-order chi connectivity index (χ0) is 11.7. The third-order valence-corrected chi connectivity index (χ3v) is 3.26. The molecule has 0 aromatic carbocycles. The minimum atomic E-state index is 0.238. The Bertz CT molecular complexity index is 373. The molecule has 0 bridgehead atoms. The molecule has 0 amide bonds. The molecule has 2 rings (SSSR count). The Kier molecular flexibility index (Phi) is 3.14. The molecular weight excluding hydrogens is 226 g/mol. The molecule has 2 heterocycles. The van der Waals surface area contributed by atoms with E-state index in [9.17, 15) is 0 Å². The highest BCUT2D eigenvalue weighted by Crippen LogP contribution is 2.26. The van der Waals surface area contributed by atoms with Crippen LogP contribution in [-0.4, -0.2) is 35.1 Å². The van der Waals surface area contributed by atoms with Gasteiger partial charge < -0.3 is 10.2 Å². The first-order valence-corrected chi connectivity index (χ1v) is 5.82. The summed E-state index contributed by atoms with van der Waals surface area (Å²) in [7, 11) is 1.77. The van der Waals surface area contributed by atoms with Crippen molar-refractivity contribution in [2.24, 2.45) is 11.8 Å². The summed E-state index contributed by atoms with van der Waals surface area (Å²) in [6.45, 7) is 6.44. The molecule has 1 saturated heterocycles. The Morgan fingerprint density at radius 3 is 2.38 bits per heavy atom. The van der Waals surface area contributed by atoms with Gasteiger partial charge in [-0.05, 0) is 23.4 Å². The fourth-order valence-electron chi connectivity index (χ4n) is 1.89. The van der Waals surface area contributed by atoms with Crippen LogP contribution in [-0.2, 0) is 0 Å².